The van der Waals surface area contributed by atoms with E-state index in [0.29, 0.717) is 0 Å². The van der Waals surface area contributed by atoms with Gasteiger partial charge in [-0.15, -0.1) is 0 Å². The van der Waals surface area contributed by atoms with Crippen LogP contribution in [0.1, 0.15) is 10.4 Å². The van der Waals surface area contributed by atoms with Crippen molar-refractivity contribution in [3.8, 4) is 0 Å². The van der Waals surface area contributed by atoms with Crippen LogP contribution in [0.25, 0.3) is 0 Å². The van der Waals surface area contributed by atoms with Crippen molar-refractivity contribution in [2.45, 2.75) is 28.9 Å². The van der Waals surface area contributed by atoms with E-state index in [2.05, 4.69) is 15.9 Å². The van der Waals surface area contributed by atoms with Crippen molar-refractivity contribution in [3.63, 3.8) is 0 Å². The maximum atomic E-state index is 12.6. The lowest BCUT2D eigenvalue weighted by Gasteiger charge is -2.46. The van der Waals surface area contributed by atoms with Gasteiger partial charge in [-0.25, -0.2) is 0 Å². The zero-order chi connectivity index (χ0) is 15.6. The van der Waals surface area contributed by atoms with E-state index in [0.717, 1.165) is 0 Å². The standard InChI is InChI=1S/C14H17BrO6/c1-20-13-10(17)11(15)14(19,9(7-16)21-13)12(18)8-5-3-2-4-6-8/h2-6,9-11,13,16-17,19H,7H2,1H3/t9-,10-,11-,13+,14+/m1/s1. The van der Waals surface area contributed by atoms with Crippen LogP contribution >= 0.6 is 15.9 Å². The van der Waals surface area contributed by atoms with Gasteiger partial charge in [0.15, 0.2) is 17.7 Å². The van der Waals surface area contributed by atoms with Crippen molar-refractivity contribution >= 4 is 21.7 Å². The maximum Gasteiger partial charge on any atom is 0.198 e. The molecule has 0 spiro atoms. The Kier molecular flexibility index (Phi) is 5.13. The number of hydrogen-bond donors (Lipinski definition) is 3. The van der Waals surface area contributed by atoms with Crippen LogP contribution in [0.5, 0.6) is 0 Å². The molecule has 1 heterocycles. The second-order valence-electron chi connectivity index (χ2n) is 4.82. The molecule has 0 radical (unpaired) electrons. The third-order valence-electron chi connectivity index (χ3n) is 3.59. The van der Waals surface area contributed by atoms with Crippen LogP contribution in [-0.2, 0) is 9.47 Å². The van der Waals surface area contributed by atoms with Crippen molar-refractivity contribution in [1.82, 2.24) is 0 Å². The Labute approximate surface area is 130 Å². The summed E-state index contributed by atoms with van der Waals surface area (Å²) in [5.41, 5.74) is -1.85. The van der Waals surface area contributed by atoms with Gasteiger partial charge in [-0.05, 0) is 0 Å². The number of carbonyl (C=O) groups is 1. The summed E-state index contributed by atoms with van der Waals surface area (Å²) in [5, 5.41) is 30.3. The van der Waals surface area contributed by atoms with E-state index < -0.39 is 41.3 Å². The van der Waals surface area contributed by atoms with Gasteiger partial charge >= 0.3 is 0 Å². The Morgan fingerprint density at radius 1 is 1.43 bits per heavy atom. The fourth-order valence-electron chi connectivity index (χ4n) is 2.39. The number of rotatable bonds is 4. The number of halogens is 1. The van der Waals surface area contributed by atoms with Crippen LogP contribution in [0.2, 0.25) is 0 Å². The van der Waals surface area contributed by atoms with Gasteiger partial charge in [-0.1, -0.05) is 46.3 Å². The number of benzene rings is 1. The third-order valence-corrected chi connectivity index (χ3v) is 4.83. The van der Waals surface area contributed by atoms with Gasteiger partial charge in [0.05, 0.1) is 11.4 Å². The Hall–Kier alpha value is -0.830. The molecular weight excluding hydrogens is 344 g/mol. The first-order valence-corrected chi connectivity index (χ1v) is 7.31. The van der Waals surface area contributed by atoms with Gasteiger partial charge in [0.25, 0.3) is 0 Å². The molecule has 5 atom stereocenters. The van der Waals surface area contributed by atoms with Crippen molar-refractivity contribution in [1.29, 1.82) is 0 Å². The molecule has 1 aliphatic rings. The molecule has 0 saturated carbocycles. The molecule has 6 nitrogen and oxygen atoms in total. The number of carbonyl (C=O) groups excluding carboxylic acids is 1. The molecule has 0 aliphatic carbocycles. The maximum absolute atomic E-state index is 12.6. The number of ether oxygens (including phenoxy) is 2. The molecular formula is C14H17BrO6. The smallest absolute Gasteiger partial charge is 0.198 e. The average molecular weight is 361 g/mol. The van der Waals surface area contributed by atoms with E-state index in [4.69, 9.17) is 9.47 Å². The number of hydrogen-bond acceptors (Lipinski definition) is 6. The fraction of sp³-hybridized carbons (Fsp3) is 0.500. The van der Waals surface area contributed by atoms with Crippen molar-refractivity contribution in [2.24, 2.45) is 0 Å². The number of methoxy groups -OCH3 is 1. The molecule has 0 bridgehead atoms. The van der Waals surface area contributed by atoms with Crippen LogP contribution in [-0.4, -0.2) is 63.7 Å². The molecule has 1 aromatic rings. The van der Waals surface area contributed by atoms with Gasteiger partial charge in [0, 0.05) is 12.7 Å². The minimum Gasteiger partial charge on any atom is -0.394 e. The summed E-state index contributed by atoms with van der Waals surface area (Å²) in [5.74, 6) is -0.641. The summed E-state index contributed by atoms with van der Waals surface area (Å²) >= 11 is 3.14. The summed E-state index contributed by atoms with van der Waals surface area (Å²) in [6, 6.07) is 8.15. The quantitative estimate of drug-likeness (QED) is 0.520. The lowest BCUT2D eigenvalue weighted by molar-refractivity contribution is -0.273. The second-order valence-corrected chi connectivity index (χ2v) is 5.81. The monoisotopic (exact) mass is 360 g/mol. The lowest BCUT2D eigenvalue weighted by atomic mass is 9.80. The summed E-state index contributed by atoms with van der Waals surface area (Å²) in [4.78, 5) is 11.6. The van der Waals surface area contributed by atoms with Crippen LogP contribution in [0, 0.1) is 0 Å². The van der Waals surface area contributed by atoms with Crippen molar-refractivity contribution < 1.29 is 29.6 Å². The largest absolute Gasteiger partial charge is 0.394 e. The lowest BCUT2D eigenvalue weighted by Crippen LogP contribution is -2.68. The van der Waals surface area contributed by atoms with Crippen LogP contribution in [0.3, 0.4) is 0 Å². The minimum absolute atomic E-state index is 0.259. The predicted octanol–water partition coefficient (Wildman–Crippen LogP) is 0.0884. The summed E-state index contributed by atoms with van der Waals surface area (Å²) in [6.45, 7) is -0.593. The molecule has 2 rings (SSSR count). The normalized spacial score (nSPS) is 36.4. The number of ketones is 1. The molecule has 116 valence electrons. The van der Waals surface area contributed by atoms with Crippen LogP contribution < -0.4 is 0 Å². The third kappa shape index (κ3) is 2.77. The highest BCUT2D eigenvalue weighted by molar-refractivity contribution is 9.09. The fourth-order valence-corrected chi connectivity index (χ4v) is 3.14. The summed E-state index contributed by atoms with van der Waals surface area (Å²) in [6.07, 6.45) is -3.53. The Bertz CT molecular complexity index is 491. The van der Waals surface area contributed by atoms with E-state index in [-0.39, 0.29) is 5.56 Å². The van der Waals surface area contributed by atoms with E-state index in [1.807, 2.05) is 0 Å². The van der Waals surface area contributed by atoms with Gasteiger partial charge in [0.2, 0.25) is 0 Å². The van der Waals surface area contributed by atoms with E-state index >= 15 is 0 Å². The summed E-state index contributed by atoms with van der Waals surface area (Å²) in [7, 11) is 1.32. The Morgan fingerprint density at radius 3 is 2.57 bits per heavy atom. The van der Waals surface area contributed by atoms with E-state index in [9.17, 15) is 20.1 Å². The Morgan fingerprint density at radius 2 is 2.05 bits per heavy atom. The highest BCUT2D eigenvalue weighted by Gasteiger charge is 2.58. The van der Waals surface area contributed by atoms with Gasteiger partial charge in [-0.2, -0.15) is 0 Å². The topological polar surface area (TPSA) is 96.2 Å². The van der Waals surface area contributed by atoms with E-state index in [1.54, 1.807) is 30.3 Å². The first-order chi connectivity index (χ1) is 9.96. The zero-order valence-corrected chi connectivity index (χ0v) is 12.9. The first-order valence-electron chi connectivity index (χ1n) is 6.40. The van der Waals surface area contributed by atoms with Gasteiger partial charge < -0.3 is 24.8 Å². The number of aliphatic hydroxyl groups is 3. The van der Waals surface area contributed by atoms with Crippen LogP contribution in [0.4, 0.5) is 0 Å². The first kappa shape index (κ1) is 16.5. The SMILES string of the molecule is CO[C@H]1O[C@H](CO)[C@@](O)(C(=O)c2ccccc2)[C@H](Br)[C@H]1O. The molecule has 3 N–H and O–H groups in total. The molecule has 0 unspecified atom stereocenters. The van der Waals surface area contributed by atoms with Crippen molar-refractivity contribution in [2.75, 3.05) is 13.7 Å². The molecule has 0 aromatic heterocycles. The number of aliphatic hydroxyl groups excluding tert-OH is 2. The molecule has 1 fully saturated rings. The molecule has 0 amide bonds. The van der Waals surface area contributed by atoms with Gasteiger partial charge in [0.1, 0.15) is 12.2 Å². The molecule has 1 saturated heterocycles. The number of alkyl halides is 1. The molecule has 1 aromatic carbocycles. The van der Waals surface area contributed by atoms with Crippen molar-refractivity contribution in [3.05, 3.63) is 35.9 Å². The minimum atomic E-state index is -2.11. The molecule has 1 aliphatic heterocycles. The molecule has 7 heteroatoms. The Balaban J connectivity index is 2.39. The van der Waals surface area contributed by atoms with E-state index in [1.165, 1.54) is 7.11 Å². The highest BCUT2D eigenvalue weighted by Crippen LogP contribution is 2.37. The zero-order valence-electron chi connectivity index (χ0n) is 11.3. The van der Waals surface area contributed by atoms with Gasteiger partial charge in [-0.3, -0.25) is 4.79 Å². The predicted molar refractivity (Wildman–Crippen MR) is 77.2 cm³/mol. The summed E-state index contributed by atoms with van der Waals surface area (Å²) < 4.78 is 10.3. The second kappa shape index (κ2) is 6.51. The average Bonchev–Trinajstić information content (AvgIpc) is 2.53. The highest BCUT2D eigenvalue weighted by atomic mass is 79.9. The van der Waals surface area contributed by atoms with Crippen LogP contribution in [0.15, 0.2) is 30.3 Å². The number of Topliss-reactive ketones (excluding diaryl/α,β-unsaturated/α-hetero) is 1. The molecule has 21 heavy (non-hydrogen) atoms.